The van der Waals surface area contributed by atoms with Crippen molar-refractivity contribution in [3.63, 3.8) is 0 Å². The summed E-state index contributed by atoms with van der Waals surface area (Å²) in [6.07, 6.45) is -5.13. The smallest absolute Gasteiger partial charge is 0.373 e. The van der Waals surface area contributed by atoms with Crippen molar-refractivity contribution in [3.8, 4) is 0 Å². The van der Waals surface area contributed by atoms with Gasteiger partial charge in [-0.2, -0.15) is 13.2 Å². The third-order valence-electron chi connectivity index (χ3n) is 4.21. The van der Waals surface area contributed by atoms with Crippen molar-refractivity contribution in [1.82, 2.24) is 0 Å². The van der Waals surface area contributed by atoms with Gasteiger partial charge in [-0.25, -0.2) is 0 Å². The molecule has 0 unspecified atom stereocenters. The van der Waals surface area contributed by atoms with Crippen LogP contribution in [0.3, 0.4) is 0 Å². The number of carbonyl (C=O) groups excluding carboxylic acids is 2. The molecule has 0 aliphatic carbocycles. The number of carbonyl (C=O) groups is 2. The molecule has 0 heterocycles. The van der Waals surface area contributed by atoms with Crippen molar-refractivity contribution < 1.29 is 27.9 Å². The van der Waals surface area contributed by atoms with Crippen LogP contribution in [0.1, 0.15) is 27.7 Å². The minimum absolute atomic E-state index is 0.0189. The Morgan fingerprint density at radius 3 is 1.94 bits per heavy atom. The lowest BCUT2D eigenvalue weighted by atomic mass is 9.95. The molecule has 0 aliphatic heterocycles. The molecule has 5 nitrogen and oxygen atoms in total. The Hall–Kier alpha value is -2.23. The largest absolute Gasteiger partial charge is 0.426 e. The van der Waals surface area contributed by atoms with Crippen LogP contribution in [0.2, 0.25) is 5.02 Å². The quantitative estimate of drug-likeness (QED) is 0.517. The second-order valence-corrected chi connectivity index (χ2v) is 9.55. The molecule has 0 saturated heterocycles. The molecule has 10 heteroatoms. The maximum absolute atomic E-state index is 12.8. The molecule has 2 rings (SSSR count). The number of aliphatic hydroxyl groups is 1. The number of alkyl halides is 3. The third kappa shape index (κ3) is 6.38. The van der Waals surface area contributed by atoms with Crippen LogP contribution in [0.5, 0.6) is 0 Å². The fraction of sp³-hybridized carbons (Fsp3) is 0.333. The highest BCUT2D eigenvalue weighted by atomic mass is 35.5. The fourth-order valence-electron chi connectivity index (χ4n) is 2.09. The van der Waals surface area contributed by atoms with Crippen molar-refractivity contribution in [2.45, 2.75) is 49.3 Å². The van der Waals surface area contributed by atoms with Crippen LogP contribution < -0.4 is 10.6 Å². The van der Waals surface area contributed by atoms with Crippen molar-refractivity contribution in [3.05, 3.63) is 47.5 Å². The summed E-state index contributed by atoms with van der Waals surface area (Å²) in [4.78, 5) is 25.4. The van der Waals surface area contributed by atoms with E-state index >= 15 is 0 Å². The fourth-order valence-corrected chi connectivity index (χ4v) is 3.24. The Labute approximate surface area is 187 Å². The minimum Gasteiger partial charge on any atom is -0.373 e. The van der Waals surface area contributed by atoms with E-state index in [1.807, 2.05) is 26.1 Å². The first-order valence-electron chi connectivity index (χ1n) is 9.11. The van der Waals surface area contributed by atoms with Gasteiger partial charge >= 0.3 is 6.18 Å². The van der Waals surface area contributed by atoms with Crippen molar-refractivity contribution in [2.75, 3.05) is 10.6 Å². The van der Waals surface area contributed by atoms with Crippen molar-refractivity contribution in [2.24, 2.45) is 5.41 Å². The molecule has 2 aromatic rings. The Bertz CT molecular complexity index is 971. The maximum atomic E-state index is 12.8. The number of anilines is 2. The molecule has 168 valence electrons. The molecule has 0 aromatic heterocycles. The molecule has 1 atom stereocenters. The van der Waals surface area contributed by atoms with Crippen LogP contribution >= 0.6 is 23.4 Å². The lowest BCUT2D eigenvalue weighted by Crippen LogP contribution is -2.52. The zero-order valence-electron chi connectivity index (χ0n) is 17.2. The van der Waals surface area contributed by atoms with E-state index in [1.165, 1.54) is 23.9 Å². The third-order valence-corrected chi connectivity index (χ3v) is 5.52. The monoisotopic (exact) mass is 474 g/mol. The zero-order chi connectivity index (χ0) is 23.6. The van der Waals surface area contributed by atoms with Gasteiger partial charge in [0, 0.05) is 20.9 Å². The average Bonchev–Trinajstić information content (AvgIpc) is 2.63. The lowest BCUT2D eigenvalue weighted by molar-refractivity contribution is -0.242. The summed E-state index contributed by atoms with van der Waals surface area (Å²) in [6.45, 7) is 5.81. The van der Waals surface area contributed by atoms with Crippen LogP contribution in [0.15, 0.2) is 52.3 Å². The average molecular weight is 475 g/mol. The van der Waals surface area contributed by atoms with E-state index < -0.39 is 23.1 Å². The van der Waals surface area contributed by atoms with Crippen LogP contribution in [0.25, 0.3) is 0 Å². The summed E-state index contributed by atoms with van der Waals surface area (Å²) >= 11 is 7.42. The predicted octanol–water partition coefficient (Wildman–Crippen LogP) is 5.73. The first kappa shape index (κ1) is 25.0. The van der Waals surface area contributed by atoms with Gasteiger partial charge in [-0.15, -0.1) is 0 Å². The molecule has 0 bridgehead atoms. The molecule has 0 radical (unpaired) electrons. The molecule has 3 N–H and O–H groups in total. The number of amides is 2. The summed E-state index contributed by atoms with van der Waals surface area (Å²) < 4.78 is 38.3. The topological polar surface area (TPSA) is 78.4 Å². The summed E-state index contributed by atoms with van der Waals surface area (Å²) in [5, 5.41) is 14.3. The SMILES string of the molecule is CC(C)(C)C(=O)Nc1ccc(Sc2ccc(NC(=O)[C@@](C)(O)C(F)(F)F)c(Cl)c2)cc1. The summed E-state index contributed by atoms with van der Waals surface area (Å²) in [6, 6.07) is 11.5. The highest BCUT2D eigenvalue weighted by molar-refractivity contribution is 7.99. The van der Waals surface area contributed by atoms with E-state index in [-0.39, 0.29) is 16.6 Å². The highest BCUT2D eigenvalue weighted by Gasteiger charge is 2.55. The first-order chi connectivity index (χ1) is 14.1. The van der Waals surface area contributed by atoms with Crippen LogP contribution in [-0.2, 0) is 9.59 Å². The molecule has 2 amide bonds. The summed E-state index contributed by atoms with van der Waals surface area (Å²) in [7, 11) is 0. The number of nitrogens with one attached hydrogen (secondary N) is 2. The highest BCUT2D eigenvalue weighted by Crippen LogP contribution is 2.35. The van der Waals surface area contributed by atoms with E-state index in [4.69, 9.17) is 11.6 Å². The molecule has 0 saturated carbocycles. The van der Waals surface area contributed by atoms with Gasteiger partial charge < -0.3 is 15.7 Å². The van der Waals surface area contributed by atoms with E-state index in [2.05, 4.69) is 5.32 Å². The van der Waals surface area contributed by atoms with Gasteiger partial charge in [0.2, 0.25) is 11.5 Å². The second-order valence-electron chi connectivity index (χ2n) is 8.00. The predicted molar refractivity (Wildman–Crippen MR) is 115 cm³/mol. The standard InChI is InChI=1S/C21H22ClF3N2O3S/c1-19(2,3)17(28)26-12-5-7-13(8-6-12)31-14-9-10-16(15(22)11-14)27-18(29)20(4,30)21(23,24)25/h5-11,30H,1-4H3,(H,26,28)(H,27,29)/t20-/m1/s1. The van der Waals surface area contributed by atoms with E-state index in [0.29, 0.717) is 17.5 Å². The van der Waals surface area contributed by atoms with E-state index in [9.17, 15) is 27.9 Å². The molecule has 0 aliphatic rings. The van der Waals surface area contributed by atoms with Crippen LogP contribution in [0, 0.1) is 5.41 Å². The number of hydrogen-bond donors (Lipinski definition) is 3. The van der Waals surface area contributed by atoms with Gasteiger partial charge in [0.05, 0.1) is 10.7 Å². The second kappa shape index (κ2) is 9.10. The molecular weight excluding hydrogens is 453 g/mol. The van der Waals surface area contributed by atoms with Gasteiger partial charge in [0.1, 0.15) is 0 Å². The van der Waals surface area contributed by atoms with Crippen molar-refractivity contribution >= 4 is 46.6 Å². The number of benzene rings is 2. The van der Waals surface area contributed by atoms with Gasteiger partial charge in [0.25, 0.3) is 5.91 Å². The van der Waals surface area contributed by atoms with Gasteiger partial charge in [0.15, 0.2) is 0 Å². The summed E-state index contributed by atoms with van der Waals surface area (Å²) in [5.41, 5.74) is -3.47. The summed E-state index contributed by atoms with van der Waals surface area (Å²) in [5.74, 6) is -1.74. The van der Waals surface area contributed by atoms with Gasteiger partial charge in [-0.05, 0) is 49.4 Å². The zero-order valence-corrected chi connectivity index (χ0v) is 18.8. The Balaban J connectivity index is 2.07. The Morgan fingerprint density at radius 2 is 1.45 bits per heavy atom. The van der Waals surface area contributed by atoms with E-state index in [1.54, 1.807) is 30.3 Å². The number of rotatable bonds is 5. The van der Waals surface area contributed by atoms with Gasteiger partial charge in [-0.1, -0.05) is 44.1 Å². The molecule has 0 spiro atoms. The normalized spacial score (nSPS) is 14.0. The minimum atomic E-state index is -5.13. The lowest BCUT2D eigenvalue weighted by Gasteiger charge is -2.25. The molecule has 31 heavy (non-hydrogen) atoms. The Morgan fingerprint density at radius 1 is 0.903 bits per heavy atom. The Kier molecular flexibility index (Phi) is 7.35. The van der Waals surface area contributed by atoms with Crippen molar-refractivity contribution in [1.29, 1.82) is 0 Å². The molecular formula is C21H22ClF3N2O3S. The van der Waals surface area contributed by atoms with Gasteiger partial charge in [-0.3, -0.25) is 9.59 Å². The van der Waals surface area contributed by atoms with Crippen LogP contribution in [0.4, 0.5) is 24.5 Å². The number of hydrogen-bond acceptors (Lipinski definition) is 4. The molecule has 2 aromatic carbocycles. The first-order valence-corrected chi connectivity index (χ1v) is 10.3. The molecule has 0 fully saturated rings. The van der Waals surface area contributed by atoms with Crippen LogP contribution in [-0.4, -0.2) is 28.7 Å². The maximum Gasteiger partial charge on any atom is 0.426 e. The van der Waals surface area contributed by atoms with E-state index in [0.717, 1.165) is 4.90 Å². The number of halogens is 4.